The highest BCUT2D eigenvalue weighted by molar-refractivity contribution is 8.00. The van der Waals surface area contributed by atoms with E-state index in [1.807, 2.05) is 13.8 Å². The molecule has 24 heavy (non-hydrogen) atoms. The first-order chi connectivity index (χ1) is 11.2. The Morgan fingerprint density at radius 2 is 1.83 bits per heavy atom. The van der Waals surface area contributed by atoms with E-state index in [0.29, 0.717) is 17.3 Å². The second-order valence-corrected chi connectivity index (χ2v) is 6.99. The summed E-state index contributed by atoms with van der Waals surface area (Å²) in [5.41, 5.74) is -0.780. The lowest BCUT2D eigenvalue weighted by atomic mass is 10.2. The van der Waals surface area contributed by atoms with E-state index in [0.717, 1.165) is 16.3 Å². The van der Waals surface area contributed by atoms with Crippen molar-refractivity contribution in [2.24, 2.45) is 14.1 Å². The average molecular weight is 352 g/mol. The van der Waals surface area contributed by atoms with E-state index in [4.69, 9.17) is 0 Å². The molecule has 0 aliphatic carbocycles. The van der Waals surface area contributed by atoms with Gasteiger partial charge in [-0.3, -0.25) is 18.7 Å². The van der Waals surface area contributed by atoms with Crippen molar-refractivity contribution in [1.82, 2.24) is 19.1 Å². The monoisotopic (exact) mass is 352 g/mol. The number of thioether (sulfide) groups is 1. The van der Waals surface area contributed by atoms with Crippen LogP contribution in [0.1, 0.15) is 38.9 Å². The van der Waals surface area contributed by atoms with Crippen LogP contribution in [-0.2, 0) is 18.9 Å². The van der Waals surface area contributed by atoms with Crippen molar-refractivity contribution in [1.29, 1.82) is 0 Å². The molecule has 2 aromatic rings. The third-order valence-corrected chi connectivity index (χ3v) is 5.04. The van der Waals surface area contributed by atoms with Crippen molar-refractivity contribution in [2.45, 2.75) is 43.4 Å². The summed E-state index contributed by atoms with van der Waals surface area (Å²) < 4.78 is 2.27. The largest absolute Gasteiger partial charge is 0.480 e. The van der Waals surface area contributed by atoms with Gasteiger partial charge >= 0.3 is 11.7 Å². The number of rotatable bonds is 5. The van der Waals surface area contributed by atoms with Gasteiger partial charge in [0.05, 0.1) is 0 Å². The van der Waals surface area contributed by atoms with E-state index in [-0.39, 0.29) is 17.0 Å². The summed E-state index contributed by atoms with van der Waals surface area (Å²) in [6.07, 6.45) is 0.384. The topological polar surface area (TPSA) is 107 Å². The normalized spacial score (nSPS) is 12.8. The van der Waals surface area contributed by atoms with Gasteiger partial charge in [-0.2, -0.15) is 0 Å². The van der Waals surface area contributed by atoms with Gasteiger partial charge in [0, 0.05) is 20.0 Å². The molecule has 2 heterocycles. The minimum Gasteiger partial charge on any atom is -0.480 e. The molecule has 1 N–H and O–H groups in total. The van der Waals surface area contributed by atoms with Crippen LogP contribution in [-0.4, -0.2) is 35.4 Å². The SMILES string of the molecule is CC[C@H](Sc1nc(C(C)C)nc2c1c(=O)n(C)c(=O)n2C)C(=O)O. The molecule has 0 aromatic carbocycles. The van der Waals surface area contributed by atoms with Gasteiger partial charge in [0.25, 0.3) is 5.56 Å². The molecule has 0 aliphatic heterocycles. The molecule has 0 saturated carbocycles. The van der Waals surface area contributed by atoms with Crippen molar-refractivity contribution in [2.75, 3.05) is 0 Å². The Bertz CT molecular complexity index is 916. The van der Waals surface area contributed by atoms with Crippen LogP contribution < -0.4 is 11.2 Å². The summed E-state index contributed by atoms with van der Waals surface area (Å²) in [6, 6.07) is 0. The lowest BCUT2D eigenvalue weighted by Crippen LogP contribution is -2.38. The lowest BCUT2D eigenvalue weighted by Gasteiger charge is -2.15. The zero-order valence-electron chi connectivity index (χ0n) is 14.2. The molecular formula is C15H20N4O4S. The molecule has 8 nitrogen and oxygen atoms in total. The maximum Gasteiger partial charge on any atom is 0.332 e. The smallest absolute Gasteiger partial charge is 0.332 e. The van der Waals surface area contributed by atoms with Gasteiger partial charge < -0.3 is 5.11 Å². The number of hydrogen-bond donors (Lipinski definition) is 1. The fourth-order valence-electron chi connectivity index (χ4n) is 2.23. The van der Waals surface area contributed by atoms with Gasteiger partial charge in [-0.05, 0) is 6.42 Å². The van der Waals surface area contributed by atoms with Crippen molar-refractivity contribution < 1.29 is 9.90 Å². The Balaban J connectivity index is 2.88. The first kappa shape index (κ1) is 18.2. The van der Waals surface area contributed by atoms with Crippen LogP contribution in [0, 0.1) is 0 Å². The first-order valence-corrected chi connectivity index (χ1v) is 8.44. The summed E-state index contributed by atoms with van der Waals surface area (Å²) in [5.74, 6) is -0.534. The van der Waals surface area contributed by atoms with E-state index in [1.54, 1.807) is 6.92 Å². The third kappa shape index (κ3) is 3.08. The van der Waals surface area contributed by atoms with Crippen LogP contribution in [0.2, 0.25) is 0 Å². The maximum atomic E-state index is 12.6. The summed E-state index contributed by atoms with van der Waals surface area (Å²) in [5, 5.41) is 9.05. The van der Waals surface area contributed by atoms with Crippen molar-refractivity contribution >= 4 is 28.8 Å². The lowest BCUT2D eigenvalue weighted by molar-refractivity contribution is -0.136. The number of aliphatic carboxylic acids is 1. The van der Waals surface area contributed by atoms with E-state index >= 15 is 0 Å². The fraction of sp³-hybridized carbons (Fsp3) is 0.533. The Kier molecular flexibility index (Phi) is 5.12. The number of carbonyl (C=O) groups is 1. The first-order valence-electron chi connectivity index (χ1n) is 7.56. The maximum absolute atomic E-state index is 12.6. The Morgan fingerprint density at radius 3 is 2.33 bits per heavy atom. The van der Waals surface area contributed by atoms with E-state index in [9.17, 15) is 19.5 Å². The molecule has 0 radical (unpaired) electrons. The quantitative estimate of drug-likeness (QED) is 0.634. The predicted molar refractivity (Wildman–Crippen MR) is 91.7 cm³/mol. The van der Waals surface area contributed by atoms with Gasteiger partial charge in [-0.15, -0.1) is 0 Å². The van der Waals surface area contributed by atoms with E-state index in [1.165, 1.54) is 18.7 Å². The minimum absolute atomic E-state index is 0.0298. The van der Waals surface area contributed by atoms with Crippen molar-refractivity contribution in [3.8, 4) is 0 Å². The molecule has 0 bridgehead atoms. The third-order valence-electron chi connectivity index (χ3n) is 3.70. The van der Waals surface area contributed by atoms with Gasteiger partial charge in [0.15, 0.2) is 5.65 Å². The van der Waals surface area contributed by atoms with Crippen LogP contribution in [0.4, 0.5) is 0 Å². The Morgan fingerprint density at radius 1 is 1.21 bits per heavy atom. The van der Waals surface area contributed by atoms with Gasteiger partial charge in [0.1, 0.15) is 21.5 Å². The van der Waals surface area contributed by atoms with Crippen molar-refractivity contribution in [3.05, 3.63) is 26.7 Å². The van der Waals surface area contributed by atoms with E-state index < -0.39 is 22.5 Å². The molecule has 2 rings (SSSR count). The zero-order valence-corrected chi connectivity index (χ0v) is 15.0. The predicted octanol–water partition coefficient (Wildman–Crippen LogP) is 1.11. The van der Waals surface area contributed by atoms with E-state index in [2.05, 4.69) is 9.97 Å². The molecule has 9 heteroatoms. The Hall–Kier alpha value is -2.16. The Labute approximate surface area is 142 Å². The number of aromatic nitrogens is 4. The fourth-order valence-corrected chi connectivity index (χ4v) is 3.21. The molecule has 0 unspecified atom stereocenters. The molecule has 0 saturated heterocycles. The molecule has 0 aliphatic rings. The molecular weight excluding hydrogens is 332 g/mol. The highest BCUT2D eigenvalue weighted by Crippen LogP contribution is 2.29. The highest BCUT2D eigenvalue weighted by Gasteiger charge is 2.23. The average Bonchev–Trinajstić information content (AvgIpc) is 2.54. The summed E-state index contributed by atoms with van der Waals surface area (Å²) in [7, 11) is 2.91. The van der Waals surface area contributed by atoms with Gasteiger partial charge in [-0.25, -0.2) is 14.8 Å². The number of fused-ring (bicyclic) bond motifs is 1. The second kappa shape index (κ2) is 6.76. The van der Waals surface area contributed by atoms with Crippen LogP contribution in [0.15, 0.2) is 14.6 Å². The van der Waals surface area contributed by atoms with Crippen LogP contribution in [0.3, 0.4) is 0 Å². The van der Waals surface area contributed by atoms with Crippen LogP contribution in [0.5, 0.6) is 0 Å². The summed E-state index contributed by atoms with van der Waals surface area (Å²) in [4.78, 5) is 44.8. The molecule has 0 spiro atoms. The molecule has 130 valence electrons. The van der Waals surface area contributed by atoms with Crippen LogP contribution >= 0.6 is 11.8 Å². The number of carboxylic acids is 1. The summed E-state index contributed by atoms with van der Waals surface area (Å²) in [6.45, 7) is 5.54. The molecule has 0 fully saturated rings. The molecule has 1 atom stereocenters. The van der Waals surface area contributed by atoms with Gasteiger partial charge in [0.2, 0.25) is 0 Å². The minimum atomic E-state index is -0.970. The number of nitrogens with zero attached hydrogens (tertiary/aromatic N) is 4. The highest BCUT2D eigenvalue weighted by atomic mass is 32.2. The molecule has 0 amide bonds. The zero-order chi connectivity index (χ0) is 18.2. The van der Waals surface area contributed by atoms with Gasteiger partial charge in [-0.1, -0.05) is 32.5 Å². The van der Waals surface area contributed by atoms with Crippen LogP contribution in [0.25, 0.3) is 11.0 Å². The number of aryl methyl sites for hydroxylation is 1. The summed E-state index contributed by atoms with van der Waals surface area (Å²) >= 11 is 1.02. The standard InChI is InChI=1S/C15H20N4O4S/c1-6-8(14(21)22)24-12-9-11(16-10(17-12)7(2)3)18(4)15(23)19(5)13(9)20/h7-8H,6H2,1-5H3,(H,21,22)/t8-/m0/s1. The number of hydrogen-bond acceptors (Lipinski definition) is 6. The van der Waals surface area contributed by atoms with Crippen molar-refractivity contribution in [3.63, 3.8) is 0 Å². The molecule has 2 aromatic heterocycles. The second-order valence-electron chi connectivity index (χ2n) is 5.80. The number of carboxylic acid groups (broad SMARTS) is 1.